The van der Waals surface area contributed by atoms with Gasteiger partial charge in [-0.25, -0.2) is 0 Å². The molecule has 0 bridgehead atoms. The Labute approximate surface area is 77.4 Å². The molecule has 66 valence electrons. The molecule has 1 N–H and O–H groups in total. The van der Waals surface area contributed by atoms with Crippen LogP contribution < -0.4 is 5.32 Å². The van der Waals surface area contributed by atoms with E-state index in [-0.39, 0.29) is 14.4 Å². The zero-order chi connectivity index (χ0) is 9.26. The summed E-state index contributed by atoms with van der Waals surface area (Å²) < 4.78 is 10.6. The number of rotatable bonds is 1. The second-order valence-corrected chi connectivity index (χ2v) is 3.81. The first kappa shape index (κ1) is 8.39. The van der Waals surface area contributed by atoms with E-state index in [0.29, 0.717) is 6.42 Å². The van der Waals surface area contributed by atoms with Crippen molar-refractivity contribution < 1.29 is 9.36 Å². The molecule has 1 aromatic carbocycles. The van der Waals surface area contributed by atoms with Gasteiger partial charge in [-0.15, -0.1) is 0 Å². The fraction of sp³-hybridized carbons (Fsp3) is 0.222. The van der Waals surface area contributed by atoms with E-state index in [1.807, 2.05) is 24.3 Å². The van der Waals surface area contributed by atoms with Crippen LogP contribution in [0.15, 0.2) is 24.3 Å². The topological polar surface area (TPSA) is 46.2 Å². The van der Waals surface area contributed by atoms with Gasteiger partial charge >= 0.3 is 0 Å². The summed E-state index contributed by atoms with van der Waals surface area (Å²) in [6.45, 7) is 0. The maximum Gasteiger partial charge on any atom is 0.239 e. The van der Waals surface area contributed by atoms with Crippen molar-refractivity contribution in [2.75, 3.05) is 5.32 Å². The first-order chi connectivity index (χ1) is 6.31. The zero-order valence-electron chi connectivity index (χ0n) is 6.86. The lowest BCUT2D eigenvalue weighted by atomic mass is 10.0. The normalized spacial score (nSPS) is 20.9. The molecule has 1 aliphatic rings. The Kier molecular flexibility index (Phi) is 2.11. The summed E-state index contributed by atoms with van der Waals surface area (Å²) in [6.07, 6.45) is 0.563. The van der Waals surface area contributed by atoms with Gasteiger partial charge in [0.05, 0.1) is 0 Å². The lowest BCUT2D eigenvalue weighted by Crippen LogP contribution is -2.30. The number of nitrogens with one attached hydrogen (secondary N) is 1. The Morgan fingerprint density at radius 3 is 2.92 bits per heavy atom. The van der Waals surface area contributed by atoms with Gasteiger partial charge in [-0.3, -0.25) is 9.36 Å². The SMILES string of the molecule is O=PC1Cc2ccccc2NC1=O. The minimum atomic E-state index is -0.421. The van der Waals surface area contributed by atoms with Crippen molar-refractivity contribution >= 4 is 20.1 Å². The highest BCUT2D eigenvalue weighted by Gasteiger charge is 2.25. The third kappa shape index (κ3) is 1.47. The molecule has 3 nitrogen and oxygen atoms in total. The fourth-order valence-corrected chi connectivity index (χ4v) is 1.85. The molecule has 0 spiro atoms. The Bertz CT molecular complexity index is 364. The number of hydrogen-bond donors (Lipinski definition) is 1. The molecular weight excluding hydrogens is 185 g/mol. The quantitative estimate of drug-likeness (QED) is 0.691. The van der Waals surface area contributed by atoms with Crippen LogP contribution in [-0.2, 0) is 15.8 Å². The van der Waals surface area contributed by atoms with E-state index in [4.69, 9.17) is 0 Å². The summed E-state index contributed by atoms with van der Waals surface area (Å²) in [5.74, 6) is -0.157. The van der Waals surface area contributed by atoms with E-state index in [1.165, 1.54) is 0 Å². The van der Waals surface area contributed by atoms with E-state index >= 15 is 0 Å². The molecular formula is C9H8NO2P. The third-order valence-electron chi connectivity index (χ3n) is 2.12. The molecule has 0 radical (unpaired) electrons. The van der Waals surface area contributed by atoms with Crippen molar-refractivity contribution in [3.05, 3.63) is 29.8 Å². The Balaban J connectivity index is 2.38. The van der Waals surface area contributed by atoms with E-state index in [0.717, 1.165) is 11.3 Å². The number of benzene rings is 1. The molecule has 0 fully saturated rings. The number of carbonyl (C=O) groups is 1. The maximum absolute atomic E-state index is 11.3. The molecule has 0 saturated heterocycles. The van der Waals surface area contributed by atoms with Crippen LogP contribution in [0.5, 0.6) is 0 Å². The third-order valence-corrected chi connectivity index (χ3v) is 2.79. The molecule has 1 amide bonds. The average molecular weight is 193 g/mol. The molecule has 1 heterocycles. The highest BCUT2D eigenvalue weighted by atomic mass is 31.1. The predicted octanol–water partition coefficient (Wildman–Crippen LogP) is 1.84. The van der Waals surface area contributed by atoms with Gasteiger partial charge in [0.15, 0.2) is 8.46 Å². The molecule has 1 aliphatic heterocycles. The summed E-state index contributed by atoms with van der Waals surface area (Å²) in [5.41, 5.74) is 1.47. The zero-order valence-corrected chi connectivity index (χ0v) is 7.75. The van der Waals surface area contributed by atoms with Crippen LogP contribution in [0.3, 0.4) is 0 Å². The van der Waals surface area contributed by atoms with Crippen molar-refractivity contribution in [1.29, 1.82) is 0 Å². The largest absolute Gasteiger partial charge is 0.325 e. The van der Waals surface area contributed by atoms with Crippen molar-refractivity contribution in [3.8, 4) is 0 Å². The van der Waals surface area contributed by atoms with Gasteiger partial charge in [-0.05, 0) is 18.1 Å². The second kappa shape index (κ2) is 3.27. The van der Waals surface area contributed by atoms with Crippen molar-refractivity contribution in [2.24, 2.45) is 0 Å². The van der Waals surface area contributed by atoms with E-state index < -0.39 is 5.66 Å². The van der Waals surface area contributed by atoms with Gasteiger partial charge in [0, 0.05) is 5.69 Å². The summed E-state index contributed by atoms with van der Waals surface area (Å²) in [7, 11) is -0.104. The second-order valence-electron chi connectivity index (χ2n) is 2.97. The Hall–Kier alpha value is -1.21. The van der Waals surface area contributed by atoms with Crippen LogP contribution in [0.1, 0.15) is 5.56 Å². The van der Waals surface area contributed by atoms with Crippen LogP contribution >= 0.6 is 8.46 Å². The average Bonchev–Trinajstić information content (AvgIpc) is 2.17. The fourth-order valence-electron chi connectivity index (χ4n) is 1.42. The van der Waals surface area contributed by atoms with Crippen LogP contribution in [0, 0.1) is 0 Å². The first-order valence-corrected chi connectivity index (χ1v) is 4.90. The smallest absolute Gasteiger partial charge is 0.239 e. The molecule has 0 aliphatic carbocycles. The minimum absolute atomic E-state index is 0.104. The summed E-state index contributed by atoms with van der Waals surface area (Å²) >= 11 is 0. The maximum atomic E-state index is 11.3. The molecule has 4 heteroatoms. The standard InChI is InChI=1S/C9H8NO2P/c11-9-8(13-12)5-6-3-1-2-4-7(6)10-9/h1-4,8H,5H2,(H,10,11). The number of anilines is 1. The monoisotopic (exact) mass is 193 g/mol. The number of para-hydroxylation sites is 1. The van der Waals surface area contributed by atoms with Gasteiger partial charge in [0.2, 0.25) is 5.91 Å². The summed E-state index contributed by atoms with van der Waals surface area (Å²) in [4.78, 5) is 11.3. The van der Waals surface area contributed by atoms with Gasteiger partial charge in [0.1, 0.15) is 5.66 Å². The minimum Gasteiger partial charge on any atom is -0.325 e. The lowest BCUT2D eigenvalue weighted by molar-refractivity contribution is -0.116. The molecule has 0 aromatic heterocycles. The van der Waals surface area contributed by atoms with Gasteiger partial charge in [0.25, 0.3) is 0 Å². The molecule has 1 aromatic rings. The Morgan fingerprint density at radius 2 is 2.15 bits per heavy atom. The molecule has 1 atom stereocenters. The highest BCUT2D eigenvalue weighted by Crippen LogP contribution is 2.26. The van der Waals surface area contributed by atoms with E-state index in [1.54, 1.807) is 0 Å². The van der Waals surface area contributed by atoms with Crippen LogP contribution in [-0.4, -0.2) is 11.6 Å². The van der Waals surface area contributed by atoms with E-state index in [9.17, 15) is 9.36 Å². The van der Waals surface area contributed by atoms with Crippen LogP contribution in [0.2, 0.25) is 0 Å². The molecule has 0 saturated carbocycles. The number of carbonyl (C=O) groups excluding carboxylic acids is 1. The van der Waals surface area contributed by atoms with Crippen molar-refractivity contribution in [2.45, 2.75) is 12.1 Å². The highest BCUT2D eigenvalue weighted by molar-refractivity contribution is 7.26. The lowest BCUT2D eigenvalue weighted by Gasteiger charge is -2.19. The number of amides is 1. The van der Waals surface area contributed by atoms with Gasteiger partial charge in [-0.2, -0.15) is 0 Å². The number of hydrogen-bond acceptors (Lipinski definition) is 2. The number of fused-ring (bicyclic) bond motifs is 1. The Morgan fingerprint density at radius 1 is 1.38 bits per heavy atom. The van der Waals surface area contributed by atoms with Crippen LogP contribution in [0.4, 0.5) is 5.69 Å². The first-order valence-electron chi connectivity index (χ1n) is 4.02. The molecule has 2 rings (SSSR count). The van der Waals surface area contributed by atoms with Crippen molar-refractivity contribution in [3.63, 3.8) is 0 Å². The van der Waals surface area contributed by atoms with Gasteiger partial charge in [-0.1, -0.05) is 18.2 Å². The summed E-state index contributed by atoms with van der Waals surface area (Å²) in [6, 6.07) is 7.57. The van der Waals surface area contributed by atoms with Crippen LogP contribution in [0.25, 0.3) is 0 Å². The van der Waals surface area contributed by atoms with E-state index in [2.05, 4.69) is 5.32 Å². The molecule has 13 heavy (non-hydrogen) atoms. The van der Waals surface area contributed by atoms with Gasteiger partial charge < -0.3 is 5.32 Å². The predicted molar refractivity (Wildman–Crippen MR) is 50.2 cm³/mol. The summed E-state index contributed by atoms with van der Waals surface area (Å²) in [5, 5.41) is 2.72. The molecule has 1 unspecified atom stereocenters. The van der Waals surface area contributed by atoms with Crippen molar-refractivity contribution in [1.82, 2.24) is 0 Å².